The molecule has 5 fully saturated rings. The van der Waals surface area contributed by atoms with Crippen LogP contribution in [-0.2, 0) is 10.8 Å². The van der Waals surface area contributed by atoms with Crippen LogP contribution in [0.5, 0.6) is 0 Å². The molecule has 10 atom stereocenters. The summed E-state index contributed by atoms with van der Waals surface area (Å²) in [5.41, 5.74) is 0.110. The Hall–Kier alpha value is 0.110. The third-order valence-electron chi connectivity index (χ3n) is 9.72. The summed E-state index contributed by atoms with van der Waals surface area (Å²) < 4.78 is 12.2. The van der Waals surface area contributed by atoms with Crippen molar-refractivity contribution >= 4 is 10.8 Å². The molecule has 3 heteroatoms. The highest BCUT2D eigenvalue weighted by atomic mass is 32.2. The molecule has 5 aliphatic rings. The second-order valence-corrected chi connectivity index (χ2v) is 12.1. The van der Waals surface area contributed by atoms with Crippen LogP contribution >= 0.6 is 0 Å². The monoisotopic (exact) mass is 336 g/mol. The first kappa shape index (κ1) is 15.4. The van der Waals surface area contributed by atoms with E-state index in [1.54, 1.807) is 0 Å². The summed E-state index contributed by atoms with van der Waals surface area (Å²) >= 11 is 0. The zero-order valence-corrected chi connectivity index (χ0v) is 15.7. The standard InChI is InChI=1S/C20H32O2S/c1-18-11-17-16(23(17)22)10-12(18)4-5-13-14(18)6-8-19(2)15(13)7-9-20(19,3)21/h12-17,21H,4-11H2,1-3H3/t12-,13+,14-,15-,16+,17-,18-,19-,20-,23?/m0/s1. The van der Waals surface area contributed by atoms with Crippen molar-refractivity contribution in [2.24, 2.45) is 34.5 Å². The lowest BCUT2D eigenvalue weighted by atomic mass is 9.44. The van der Waals surface area contributed by atoms with Gasteiger partial charge in [0.05, 0.1) is 5.60 Å². The van der Waals surface area contributed by atoms with E-state index in [4.69, 9.17) is 0 Å². The van der Waals surface area contributed by atoms with Gasteiger partial charge in [0.2, 0.25) is 0 Å². The van der Waals surface area contributed by atoms with E-state index in [2.05, 4.69) is 20.8 Å². The van der Waals surface area contributed by atoms with Crippen molar-refractivity contribution in [3.63, 3.8) is 0 Å². The van der Waals surface area contributed by atoms with Crippen molar-refractivity contribution in [1.82, 2.24) is 0 Å². The molecule has 0 aromatic carbocycles. The maximum absolute atomic E-state index is 12.2. The Balaban J connectivity index is 1.48. The molecule has 5 rings (SSSR count). The van der Waals surface area contributed by atoms with E-state index in [9.17, 15) is 9.32 Å². The minimum Gasteiger partial charge on any atom is -0.390 e. The summed E-state index contributed by atoms with van der Waals surface area (Å²) in [5.74, 6) is 3.18. The van der Waals surface area contributed by atoms with Crippen LogP contribution in [0.2, 0.25) is 0 Å². The molecule has 2 nitrogen and oxygen atoms in total. The molecule has 0 aromatic heterocycles. The zero-order chi connectivity index (χ0) is 16.2. The highest BCUT2D eigenvalue weighted by Gasteiger charge is 2.66. The predicted molar refractivity (Wildman–Crippen MR) is 93.5 cm³/mol. The predicted octanol–water partition coefficient (Wildman–Crippen LogP) is 3.89. The first-order valence-electron chi connectivity index (χ1n) is 9.90. The molecule has 0 radical (unpaired) electrons. The fraction of sp³-hybridized carbons (Fsp3) is 1.00. The Morgan fingerprint density at radius 1 is 0.957 bits per heavy atom. The van der Waals surface area contributed by atoms with Gasteiger partial charge < -0.3 is 5.11 Å². The van der Waals surface area contributed by atoms with Crippen LogP contribution in [0.4, 0.5) is 0 Å². The minimum absolute atomic E-state index is 0.136. The Labute approximate surface area is 143 Å². The summed E-state index contributed by atoms with van der Waals surface area (Å²) in [6, 6.07) is 0. The molecule has 4 saturated carbocycles. The summed E-state index contributed by atoms with van der Waals surface area (Å²) in [4.78, 5) is 0. The molecule has 1 heterocycles. The normalized spacial score (nSPS) is 66.9. The van der Waals surface area contributed by atoms with Crippen LogP contribution in [-0.4, -0.2) is 25.4 Å². The van der Waals surface area contributed by atoms with Crippen molar-refractivity contribution in [3.8, 4) is 0 Å². The molecule has 0 bridgehead atoms. The lowest BCUT2D eigenvalue weighted by molar-refractivity contribution is -0.143. The molecule has 0 aromatic rings. The van der Waals surface area contributed by atoms with Gasteiger partial charge in [-0.3, -0.25) is 4.21 Å². The molecule has 130 valence electrons. The second-order valence-electron chi connectivity index (χ2n) is 10.3. The Morgan fingerprint density at radius 3 is 2.48 bits per heavy atom. The van der Waals surface area contributed by atoms with Gasteiger partial charge in [0.1, 0.15) is 0 Å². The van der Waals surface area contributed by atoms with E-state index < -0.39 is 16.4 Å². The van der Waals surface area contributed by atoms with Gasteiger partial charge >= 0.3 is 0 Å². The van der Waals surface area contributed by atoms with E-state index in [0.29, 0.717) is 15.9 Å². The molecular formula is C20H32O2S. The van der Waals surface area contributed by atoms with Gasteiger partial charge in [0, 0.05) is 21.3 Å². The number of rotatable bonds is 0. The van der Waals surface area contributed by atoms with E-state index in [0.717, 1.165) is 30.1 Å². The largest absolute Gasteiger partial charge is 0.390 e. The van der Waals surface area contributed by atoms with Gasteiger partial charge in [-0.15, -0.1) is 0 Å². The molecule has 1 unspecified atom stereocenters. The van der Waals surface area contributed by atoms with Crippen LogP contribution in [0.25, 0.3) is 0 Å². The SMILES string of the molecule is C[C@]12C[C@H]3[C@@H](C[C@@H]1CC[C@@H]1[C@@H]2CC[C@@]2(C)[C@H]1CC[C@]2(C)O)S3=O. The topological polar surface area (TPSA) is 37.3 Å². The van der Waals surface area contributed by atoms with Gasteiger partial charge in [0.25, 0.3) is 0 Å². The number of hydrogen-bond donors (Lipinski definition) is 1. The summed E-state index contributed by atoms with van der Waals surface area (Å²) in [6.07, 6.45) is 9.91. The molecule has 0 amide bonds. The third kappa shape index (κ3) is 1.77. The third-order valence-corrected chi connectivity index (χ3v) is 11.6. The molecule has 4 aliphatic carbocycles. The molecule has 23 heavy (non-hydrogen) atoms. The fourth-order valence-electron chi connectivity index (χ4n) is 7.94. The summed E-state index contributed by atoms with van der Waals surface area (Å²) in [5, 5.41) is 12.1. The van der Waals surface area contributed by atoms with Crippen LogP contribution in [0.15, 0.2) is 0 Å². The molecule has 1 aliphatic heterocycles. The van der Waals surface area contributed by atoms with Crippen LogP contribution < -0.4 is 0 Å². The lowest BCUT2D eigenvalue weighted by Gasteiger charge is -2.60. The maximum atomic E-state index is 12.2. The van der Waals surface area contributed by atoms with Crippen molar-refractivity contribution in [2.45, 2.75) is 88.2 Å². The van der Waals surface area contributed by atoms with Crippen LogP contribution in [0.1, 0.15) is 72.1 Å². The number of aliphatic hydroxyl groups is 1. The summed E-state index contributed by atoms with van der Waals surface area (Å²) in [6.45, 7) is 7.03. The number of fused-ring (bicyclic) bond motifs is 6. The van der Waals surface area contributed by atoms with Crippen LogP contribution in [0, 0.1) is 34.5 Å². The Morgan fingerprint density at radius 2 is 1.70 bits per heavy atom. The van der Waals surface area contributed by atoms with E-state index in [1.165, 1.54) is 44.9 Å². The molecular weight excluding hydrogens is 304 g/mol. The molecule has 1 saturated heterocycles. The van der Waals surface area contributed by atoms with Gasteiger partial charge in [0.15, 0.2) is 0 Å². The highest BCUT2D eigenvalue weighted by molar-refractivity contribution is 7.93. The zero-order valence-electron chi connectivity index (χ0n) is 14.9. The van der Waals surface area contributed by atoms with Gasteiger partial charge in [-0.2, -0.15) is 0 Å². The average Bonchev–Trinajstić information content (AvgIpc) is 3.02. The van der Waals surface area contributed by atoms with Crippen molar-refractivity contribution in [3.05, 3.63) is 0 Å². The smallest absolute Gasteiger partial charge is 0.0675 e. The number of hydrogen-bond acceptors (Lipinski definition) is 2. The Kier molecular flexibility index (Phi) is 2.97. The molecule has 0 spiro atoms. The van der Waals surface area contributed by atoms with Gasteiger partial charge in [-0.1, -0.05) is 13.8 Å². The van der Waals surface area contributed by atoms with Gasteiger partial charge in [-0.25, -0.2) is 0 Å². The summed E-state index contributed by atoms with van der Waals surface area (Å²) in [7, 11) is -0.495. The lowest BCUT2D eigenvalue weighted by Crippen LogP contribution is -2.56. The van der Waals surface area contributed by atoms with Crippen molar-refractivity contribution in [1.29, 1.82) is 0 Å². The van der Waals surface area contributed by atoms with E-state index >= 15 is 0 Å². The Bertz CT molecular complexity index is 572. The average molecular weight is 337 g/mol. The quantitative estimate of drug-likeness (QED) is 0.681. The van der Waals surface area contributed by atoms with E-state index in [-0.39, 0.29) is 5.41 Å². The molecule has 1 N–H and O–H groups in total. The first-order chi connectivity index (χ1) is 10.8. The van der Waals surface area contributed by atoms with Crippen molar-refractivity contribution in [2.75, 3.05) is 0 Å². The first-order valence-corrected chi connectivity index (χ1v) is 11.2. The van der Waals surface area contributed by atoms with E-state index in [1.807, 2.05) is 0 Å². The fourth-order valence-corrected chi connectivity index (χ4v) is 9.79. The maximum Gasteiger partial charge on any atom is 0.0675 e. The van der Waals surface area contributed by atoms with Crippen molar-refractivity contribution < 1.29 is 9.32 Å². The minimum atomic E-state index is -0.495. The second kappa shape index (κ2) is 4.44. The van der Waals surface area contributed by atoms with Gasteiger partial charge in [-0.05, 0) is 92.8 Å². The highest BCUT2D eigenvalue weighted by Crippen LogP contribution is 2.69. The van der Waals surface area contributed by atoms with Crippen LogP contribution in [0.3, 0.4) is 0 Å².